The highest BCUT2D eigenvalue weighted by Gasteiger charge is 2.22. The van der Waals surface area contributed by atoms with Crippen LogP contribution in [0, 0.1) is 11.8 Å². The Labute approximate surface area is 139 Å². The third-order valence-corrected chi connectivity index (χ3v) is 4.05. The lowest BCUT2D eigenvalue weighted by atomic mass is 10.2. The van der Waals surface area contributed by atoms with Crippen molar-refractivity contribution in [1.29, 1.82) is 0 Å². The molecule has 3 heterocycles. The highest BCUT2D eigenvalue weighted by Crippen LogP contribution is 2.13. The highest BCUT2D eigenvalue weighted by atomic mass is 16.2. The summed E-state index contributed by atoms with van der Waals surface area (Å²) in [6.45, 7) is 1.63. The van der Waals surface area contributed by atoms with E-state index in [1.807, 2.05) is 35.2 Å². The van der Waals surface area contributed by atoms with Gasteiger partial charge in [0.1, 0.15) is 5.69 Å². The Morgan fingerprint density at radius 3 is 2.62 bits per heavy atom. The van der Waals surface area contributed by atoms with E-state index in [-0.39, 0.29) is 5.91 Å². The molecule has 1 saturated heterocycles. The molecule has 5 nitrogen and oxygen atoms in total. The molecule has 2 aromatic heterocycles. The van der Waals surface area contributed by atoms with Gasteiger partial charge in [0.25, 0.3) is 5.91 Å². The summed E-state index contributed by atoms with van der Waals surface area (Å²) < 4.78 is 1.62. The second-order valence-electron chi connectivity index (χ2n) is 5.76. The number of carbonyl (C=O) groups excluding carboxylic acids is 1. The zero-order chi connectivity index (χ0) is 16.4. The van der Waals surface area contributed by atoms with Gasteiger partial charge >= 0.3 is 0 Å². The molecule has 0 bridgehead atoms. The Hall–Kier alpha value is -3.13. The average Bonchev–Trinajstić information content (AvgIpc) is 3.29. The smallest absolute Gasteiger partial charge is 0.274 e. The molecule has 4 rings (SSSR count). The Morgan fingerprint density at radius 2 is 1.83 bits per heavy atom. The van der Waals surface area contributed by atoms with E-state index < -0.39 is 0 Å². The quantitative estimate of drug-likeness (QED) is 0.648. The second kappa shape index (κ2) is 6.17. The van der Waals surface area contributed by atoms with Gasteiger partial charge in [-0.2, -0.15) is 5.10 Å². The molecule has 0 spiro atoms. The van der Waals surface area contributed by atoms with E-state index in [1.165, 1.54) is 0 Å². The molecule has 1 aliphatic heterocycles. The van der Waals surface area contributed by atoms with Crippen LogP contribution in [0.15, 0.2) is 48.7 Å². The molecule has 0 N–H and O–H groups in total. The van der Waals surface area contributed by atoms with Crippen molar-refractivity contribution in [2.45, 2.75) is 12.8 Å². The summed E-state index contributed by atoms with van der Waals surface area (Å²) in [6, 6.07) is 13.3. The van der Waals surface area contributed by atoms with Gasteiger partial charge in [0.15, 0.2) is 11.3 Å². The lowest BCUT2D eigenvalue weighted by Crippen LogP contribution is -2.27. The third-order valence-electron chi connectivity index (χ3n) is 4.05. The Balaban J connectivity index is 1.62. The summed E-state index contributed by atoms with van der Waals surface area (Å²) in [4.78, 5) is 18.7. The minimum absolute atomic E-state index is 0.0186. The van der Waals surface area contributed by atoms with Gasteiger partial charge in [-0.25, -0.2) is 9.50 Å². The SMILES string of the molecule is O=C(c1cc2nc(C#Cc3ccccc3)ccn2n1)N1CCCC1. The first-order valence-corrected chi connectivity index (χ1v) is 8.02. The van der Waals surface area contributed by atoms with Gasteiger partial charge in [0.2, 0.25) is 0 Å². The van der Waals surface area contributed by atoms with Crippen molar-refractivity contribution in [3.8, 4) is 11.8 Å². The maximum atomic E-state index is 12.4. The van der Waals surface area contributed by atoms with Crippen LogP contribution in [0.2, 0.25) is 0 Å². The number of likely N-dealkylation sites (tertiary alicyclic amines) is 1. The van der Waals surface area contributed by atoms with Gasteiger partial charge in [-0.1, -0.05) is 24.1 Å². The van der Waals surface area contributed by atoms with Crippen LogP contribution in [-0.2, 0) is 0 Å². The molecular weight excluding hydrogens is 300 g/mol. The van der Waals surface area contributed by atoms with Crippen LogP contribution in [0.5, 0.6) is 0 Å². The van der Waals surface area contributed by atoms with Gasteiger partial charge in [0.05, 0.1) is 0 Å². The van der Waals surface area contributed by atoms with Gasteiger partial charge in [-0.15, -0.1) is 0 Å². The van der Waals surface area contributed by atoms with Crippen LogP contribution < -0.4 is 0 Å². The van der Waals surface area contributed by atoms with Crippen molar-refractivity contribution in [2.75, 3.05) is 13.1 Å². The van der Waals surface area contributed by atoms with Crippen molar-refractivity contribution in [1.82, 2.24) is 19.5 Å². The molecule has 0 radical (unpaired) electrons. The molecule has 24 heavy (non-hydrogen) atoms. The number of aromatic nitrogens is 3. The van der Waals surface area contributed by atoms with E-state index >= 15 is 0 Å². The Kier molecular flexibility index (Phi) is 3.72. The van der Waals surface area contributed by atoms with Crippen molar-refractivity contribution in [3.05, 3.63) is 65.6 Å². The highest BCUT2D eigenvalue weighted by molar-refractivity contribution is 5.93. The van der Waals surface area contributed by atoms with E-state index in [0.717, 1.165) is 31.5 Å². The lowest BCUT2D eigenvalue weighted by Gasteiger charge is -2.12. The molecule has 0 atom stereocenters. The zero-order valence-corrected chi connectivity index (χ0v) is 13.1. The van der Waals surface area contributed by atoms with Crippen molar-refractivity contribution in [3.63, 3.8) is 0 Å². The van der Waals surface area contributed by atoms with Crippen molar-refractivity contribution >= 4 is 11.6 Å². The summed E-state index contributed by atoms with van der Waals surface area (Å²) in [5, 5.41) is 4.33. The predicted octanol–water partition coefficient (Wildman–Crippen LogP) is 2.37. The predicted molar refractivity (Wildman–Crippen MR) is 90.5 cm³/mol. The maximum absolute atomic E-state index is 12.4. The fourth-order valence-electron chi connectivity index (χ4n) is 2.79. The van der Waals surface area contributed by atoms with Gasteiger partial charge in [-0.3, -0.25) is 4.79 Å². The maximum Gasteiger partial charge on any atom is 0.274 e. The van der Waals surface area contributed by atoms with Crippen molar-refractivity contribution < 1.29 is 4.79 Å². The molecule has 3 aromatic rings. The summed E-state index contributed by atoms with van der Waals surface area (Å²) in [7, 11) is 0. The summed E-state index contributed by atoms with van der Waals surface area (Å²) in [5.41, 5.74) is 2.68. The normalized spacial score (nSPS) is 13.8. The molecule has 0 aliphatic carbocycles. The minimum atomic E-state index is -0.0186. The largest absolute Gasteiger partial charge is 0.337 e. The third kappa shape index (κ3) is 2.86. The van der Waals surface area contributed by atoms with Gasteiger partial charge < -0.3 is 4.90 Å². The summed E-state index contributed by atoms with van der Waals surface area (Å²) in [6.07, 6.45) is 3.92. The van der Waals surface area contributed by atoms with E-state index in [4.69, 9.17) is 0 Å². The van der Waals surface area contributed by atoms with Crippen LogP contribution in [-0.4, -0.2) is 38.5 Å². The van der Waals surface area contributed by atoms with Crippen LogP contribution in [0.1, 0.15) is 34.6 Å². The number of carbonyl (C=O) groups is 1. The van der Waals surface area contributed by atoms with Crippen LogP contribution in [0.3, 0.4) is 0 Å². The summed E-state index contributed by atoms with van der Waals surface area (Å²) >= 11 is 0. The monoisotopic (exact) mass is 316 g/mol. The fourth-order valence-corrected chi connectivity index (χ4v) is 2.79. The Bertz CT molecular complexity index is 944. The lowest BCUT2D eigenvalue weighted by molar-refractivity contribution is 0.0786. The number of benzene rings is 1. The standard InChI is InChI=1S/C19H16N4O/c24-19(22-11-4-5-12-22)17-14-18-20-16(10-13-23(18)21-17)9-8-15-6-2-1-3-7-15/h1-3,6-7,10,13-14H,4-5,11-12H2. The fraction of sp³-hybridized carbons (Fsp3) is 0.211. The molecule has 0 unspecified atom stereocenters. The van der Waals surface area contributed by atoms with Crippen LogP contribution >= 0.6 is 0 Å². The first kappa shape index (κ1) is 14.5. The molecule has 0 saturated carbocycles. The average molecular weight is 316 g/mol. The molecule has 1 aromatic carbocycles. The summed E-state index contributed by atoms with van der Waals surface area (Å²) in [5.74, 6) is 6.11. The molecule has 1 amide bonds. The number of fused-ring (bicyclic) bond motifs is 1. The van der Waals surface area contributed by atoms with E-state index in [0.29, 0.717) is 17.0 Å². The molecule has 1 fully saturated rings. The van der Waals surface area contributed by atoms with E-state index in [1.54, 1.807) is 22.8 Å². The minimum Gasteiger partial charge on any atom is -0.337 e. The number of nitrogens with zero attached hydrogens (tertiary/aromatic N) is 4. The Morgan fingerprint density at radius 1 is 1.04 bits per heavy atom. The molecule has 1 aliphatic rings. The van der Waals surface area contributed by atoms with Crippen LogP contribution in [0.4, 0.5) is 0 Å². The van der Waals surface area contributed by atoms with Crippen molar-refractivity contribution in [2.24, 2.45) is 0 Å². The molecule has 118 valence electrons. The second-order valence-corrected chi connectivity index (χ2v) is 5.76. The van der Waals surface area contributed by atoms with Crippen LogP contribution in [0.25, 0.3) is 5.65 Å². The number of hydrogen-bond acceptors (Lipinski definition) is 3. The van der Waals surface area contributed by atoms with Gasteiger partial charge in [0, 0.05) is 30.9 Å². The number of rotatable bonds is 1. The first-order valence-electron chi connectivity index (χ1n) is 8.02. The number of amides is 1. The van der Waals surface area contributed by atoms with E-state index in [9.17, 15) is 4.79 Å². The number of hydrogen-bond donors (Lipinski definition) is 0. The molecule has 5 heteroatoms. The first-order chi connectivity index (χ1) is 11.8. The van der Waals surface area contributed by atoms with E-state index in [2.05, 4.69) is 21.9 Å². The van der Waals surface area contributed by atoms with Gasteiger partial charge in [-0.05, 0) is 37.0 Å². The topological polar surface area (TPSA) is 50.5 Å². The zero-order valence-electron chi connectivity index (χ0n) is 13.1. The molecular formula is C19H16N4O.